The molecule has 2 aromatic heterocycles. The van der Waals surface area contributed by atoms with Crippen LogP contribution in [0.2, 0.25) is 0 Å². The van der Waals surface area contributed by atoms with Crippen LogP contribution in [0.15, 0.2) is 24.3 Å². The van der Waals surface area contributed by atoms with Crippen LogP contribution in [0.25, 0.3) is 16.0 Å². The van der Waals surface area contributed by atoms with E-state index in [1.54, 1.807) is 6.07 Å². The van der Waals surface area contributed by atoms with Gasteiger partial charge in [-0.25, -0.2) is 14.2 Å². The van der Waals surface area contributed by atoms with Crippen molar-refractivity contribution in [2.24, 2.45) is 0 Å². The van der Waals surface area contributed by atoms with Gasteiger partial charge in [-0.2, -0.15) is 10.3 Å². The Kier molecular flexibility index (Phi) is 2.76. The summed E-state index contributed by atoms with van der Waals surface area (Å²) < 4.78 is 13.8. The largest absolute Gasteiger partial charge is 0.384 e. The second kappa shape index (κ2) is 4.59. The number of halogens is 1. The van der Waals surface area contributed by atoms with Crippen LogP contribution in [0.4, 0.5) is 15.9 Å². The summed E-state index contributed by atoms with van der Waals surface area (Å²) in [6.07, 6.45) is 0.269. The number of nitrogen functional groups attached to an aromatic ring is 1. The van der Waals surface area contributed by atoms with E-state index in [2.05, 4.69) is 25.2 Å². The zero-order chi connectivity index (χ0) is 14.1. The normalized spacial score (nSPS) is 10.6. The number of aromatic amines is 1. The van der Waals surface area contributed by atoms with E-state index in [-0.39, 0.29) is 12.2 Å². The molecule has 0 spiro atoms. The maximum absolute atomic E-state index is 13.8. The predicted molar refractivity (Wildman–Crippen MR) is 71.6 cm³/mol. The van der Waals surface area contributed by atoms with Crippen molar-refractivity contribution in [3.63, 3.8) is 0 Å². The number of aromatic nitrogens is 4. The quantitative estimate of drug-likeness (QED) is 0.698. The van der Waals surface area contributed by atoms with Crippen LogP contribution in [0.3, 0.4) is 0 Å². The monoisotopic (exact) mass is 268 g/mol. The van der Waals surface area contributed by atoms with Gasteiger partial charge in [0.1, 0.15) is 17.2 Å². The molecule has 0 atom stereocenters. The molecule has 1 aromatic carbocycles. The van der Waals surface area contributed by atoms with E-state index >= 15 is 0 Å². The molecule has 3 rings (SSSR count). The maximum Gasteiger partial charge on any atom is 0.203 e. The van der Waals surface area contributed by atoms with Crippen molar-refractivity contribution in [2.45, 2.75) is 6.42 Å². The van der Waals surface area contributed by atoms with Crippen LogP contribution in [0.5, 0.6) is 0 Å². The number of nitrogens with zero attached hydrogens (tertiary/aromatic N) is 4. The van der Waals surface area contributed by atoms with Gasteiger partial charge in [0.05, 0.1) is 6.57 Å². The van der Waals surface area contributed by atoms with Crippen LogP contribution < -0.4 is 5.73 Å². The first-order valence-electron chi connectivity index (χ1n) is 5.79. The second-order valence-corrected chi connectivity index (χ2v) is 4.27. The lowest BCUT2D eigenvalue weighted by atomic mass is 10.0. The Morgan fingerprint density at radius 2 is 2.10 bits per heavy atom. The summed E-state index contributed by atoms with van der Waals surface area (Å²) in [5.74, 6) is -0.0763. The number of hydrogen-bond acceptors (Lipinski definition) is 4. The van der Waals surface area contributed by atoms with Gasteiger partial charge in [-0.15, -0.1) is 5.10 Å². The average molecular weight is 268 g/mol. The first kappa shape index (κ1) is 12.0. The van der Waals surface area contributed by atoms with Crippen LogP contribution in [-0.4, -0.2) is 20.4 Å². The van der Waals surface area contributed by atoms with Gasteiger partial charge in [0.25, 0.3) is 0 Å². The Balaban J connectivity index is 2.09. The number of rotatable bonds is 2. The van der Waals surface area contributed by atoms with E-state index < -0.39 is 0 Å². The van der Waals surface area contributed by atoms with Gasteiger partial charge in [0.15, 0.2) is 5.69 Å². The van der Waals surface area contributed by atoms with Gasteiger partial charge >= 0.3 is 0 Å². The van der Waals surface area contributed by atoms with E-state index in [0.29, 0.717) is 33.8 Å². The molecular weight excluding hydrogens is 259 g/mol. The Bertz CT molecular complexity index is 832. The lowest BCUT2D eigenvalue weighted by molar-refractivity contribution is 0.614. The molecule has 0 fully saturated rings. The van der Waals surface area contributed by atoms with Crippen molar-refractivity contribution in [1.29, 1.82) is 0 Å². The molecule has 0 unspecified atom stereocenters. The highest BCUT2D eigenvalue weighted by molar-refractivity contribution is 5.76. The number of H-pyrrole nitrogens is 1. The molecule has 2 heterocycles. The molecule has 0 saturated carbocycles. The minimum Gasteiger partial charge on any atom is -0.384 e. The zero-order valence-corrected chi connectivity index (χ0v) is 10.3. The fourth-order valence-electron chi connectivity index (χ4n) is 2.03. The highest BCUT2D eigenvalue weighted by Crippen LogP contribution is 2.23. The highest BCUT2D eigenvalue weighted by Gasteiger charge is 2.11. The van der Waals surface area contributed by atoms with Crippen LogP contribution in [0.1, 0.15) is 11.1 Å². The van der Waals surface area contributed by atoms with Gasteiger partial charge in [-0.1, -0.05) is 12.1 Å². The van der Waals surface area contributed by atoms with Crippen molar-refractivity contribution < 1.29 is 4.39 Å². The second-order valence-electron chi connectivity index (χ2n) is 4.27. The minimum atomic E-state index is -0.371. The van der Waals surface area contributed by atoms with Gasteiger partial charge in [0.2, 0.25) is 5.65 Å². The van der Waals surface area contributed by atoms with Crippen molar-refractivity contribution in [3.05, 3.63) is 52.6 Å². The molecule has 3 N–H and O–H groups in total. The fraction of sp³-hybridized carbons (Fsp3) is 0.0769. The Morgan fingerprint density at radius 1 is 1.25 bits per heavy atom. The summed E-state index contributed by atoms with van der Waals surface area (Å²) in [5, 5.41) is 10.3. The standard InChI is InChI=1S/C13H9FN6/c1-16-9-2-3-10(14)7(5-9)4-8-6-11(15)17-13-12(8)18-20-19-13/h2-3,5-6H,4H2,(H3,15,17,18,19,20). The van der Waals surface area contributed by atoms with Gasteiger partial charge in [0, 0.05) is 6.42 Å². The molecule has 0 saturated heterocycles. The summed E-state index contributed by atoms with van der Waals surface area (Å²) in [6, 6.07) is 5.88. The molecule has 0 aliphatic carbocycles. The molecule has 6 nitrogen and oxygen atoms in total. The smallest absolute Gasteiger partial charge is 0.203 e. The summed E-state index contributed by atoms with van der Waals surface area (Å²) in [7, 11) is 0. The lowest BCUT2D eigenvalue weighted by Gasteiger charge is -2.05. The molecule has 0 bridgehead atoms. The maximum atomic E-state index is 13.8. The minimum absolute atomic E-state index is 0.269. The number of nitrogens with two attached hydrogens (primary N) is 1. The number of hydrogen-bond donors (Lipinski definition) is 2. The molecule has 0 aliphatic rings. The van der Waals surface area contributed by atoms with E-state index in [0.717, 1.165) is 0 Å². The molecule has 20 heavy (non-hydrogen) atoms. The van der Waals surface area contributed by atoms with Crippen LogP contribution in [0, 0.1) is 12.4 Å². The first-order valence-corrected chi connectivity index (χ1v) is 5.79. The summed E-state index contributed by atoms with van der Waals surface area (Å²) in [5.41, 5.74) is 8.14. The molecule has 0 aliphatic heterocycles. The summed E-state index contributed by atoms with van der Waals surface area (Å²) in [6.45, 7) is 6.98. The van der Waals surface area contributed by atoms with Crippen molar-refractivity contribution in [2.75, 3.05) is 5.73 Å². The number of anilines is 1. The van der Waals surface area contributed by atoms with Gasteiger partial charge in [-0.3, -0.25) is 0 Å². The van der Waals surface area contributed by atoms with Crippen molar-refractivity contribution in [3.8, 4) is 0 Å². The van der Waals surface area contributed by atoms with E-state index in [4.69, 9.17) is 12.3 Å². The molecule has 0 radical (unpaired) electrons. The number of fused-ring (bicyclic) bond motifs is 1. The molecule has 0 amide bonds. The van der Waals surface area contributed by atoms with Crippen LogP contribution >= 0.6 is 0 Å². The third-order valence-corrected chi connectivity index (χ3v) is 2.93. The Labute approximate surface area is 113 Å². The number of pyridine rings is 1. The Hall–Kier alpha value is -3.01. The van der Waals surface area contributed by atoms with Crippen molar-refractivity contribution in [1.82, 2.24) is 20.4 Å². The highest BCUT2D eigenvalue weighted by atomic mass is 19.1. The SMILES string of the molecule is [C-]#[N+]c1ccc(F)c(Cc2cc(N)nc3n[nH]nc23)c1. The van der Waals surface area contributed by atoms with Gasteiger partial charge < -0.3 is 5.73 Å². The number of benzene rings is 1. The summed E-state index contributed by atoms with van der Waals surface area (Å²) in [4.78, 5) is 7.32. The number of nitrogens with one attached hydrogen (secondary N) is 1. The Morgan fingerprint density at radius 3 is 2.90 bits per heavy atom. The molecule has 98 valence electrons. The van der Waals surface area contributed by atoms with Gasteiger partial charge in [-0.05, 0) is 23.3 Å². The molecule has 7 heteroatoms. The summed E-state index contributed by atoms with van der Waals surface area (Å²) >= 11 is 0. The topological polar surface area (TPSA) is 84.8 Å². The zero-order valence-electron chi connectivity index (χ0n) is 10.3. The van der Waals surface area contributed by atoms with Crippen LogP contribution in [-0.2, 0) is 6.42 Å². The fourth-order valence-corrected chi connectivity index (χ4v) is 2.03. The lowest BCUT2D eigenvalue weighted by Crippen LogP contribution is -1.98. The van der Waals surface area contributed by atoms with E-state index in [1.165, 1.54) is 18.2 Å². The molecular formula is C13H9FN6. The first-order chi connectivity index (χ1) is 9.67. The third kappa shape index (κ3) is 2.03. The molecule has 3 aromatic rings. The van der Waals surface area contributed by atoms with Crippen molar-refractivity contribution >= 4 is 22.7 Å². The third-order valence-electron chi connectivity index (χ3n) is 2.93. The average Bonchev–Trinajstić information content (AvgIpc) is 2.89. The predicted octanol–water partition coefficient (Wildman–Crippen LogP) is 2.22. The van der Waals surface area contributed by atoms with E-state index in [1.807, 2.05) is 0 Å². The van der Waals surface area contributed by atoms with E-state index in [9.17, 15) is 4.39 Å².